The van der Waals surface area contributed by atoms with E-state index in [9.17, 15) is 4.79 Å². The van der Waals surface area contributed by atoms with Crippen molar-refractivity contribution < 1.29 is 9.53 Å². The van der Waals surface area contributed by atoms with E-state index >= 15 is 0 Å². The Kier molecular flexibility index (Phi) is 4.89. The first-order valence-corrected chi connectivity index (χ1v) is 7.32. The molecule has 1 heterocycles. The third-order valence-electron chi connectivity index (χ3n) is 3.56. The van der Waals surface area contributed by atoms with E-state index in [1.807, 2.05) is 13.0 Å². The molecule has 2 N–H and O–H groups in total. The van der Waals surface area contributed by atoms with Crippen LogP contribution >= 0.6 is 11.6 Å². The van der Waals surface area contributed by atoms with E-state index in [2.05, 4.69) is 0 Å². The third kappa shape index (κ3) is 3.64. The summed E-state index contributed by atoms with van der Waals surface area (Å²) in [5, 5.41) is 0.693. The van der Waals surface area contributed by atoms with Crippen molar-refractivity contribution in [1.29, 1.82) is 0 Å². The lowest BCUT2D eigenvalue weighted by Gasteiger charge is -2.32. The molecule has 1 saturated heterocycles. The second-order valence-corrected chi connectivity index (χ2v) is 5.76. The van der Waals surface area contributed by atoms with Crippen molar-refractivity contribution in [1.82, 2.24) is 4.90 Å². The quantitative estimate of drug-likeness (QED) is 0.931. The fourth-order valence-electron chi connectivity index (χ4n) is 2.41. The van der Waals surface area contributed by atoms with Crippen LogP contribution < -0.4 is 10.5 Å². The zero-order chi connectivity index (χ0) is 14.7. The molecule has 4 nitrogen and oxygen atoms in total. The SMILES string of the molecule is Cc1cc(OC(C)C(=O)N2CCCC(N)C2)ccc1Cl. The number of hydrogen-bond donors (Lipinski definition) is 1. The topological polar surface area (TPSA) is 55.6 Å². The molecular formula is C15H21ClN2O2. The predicted octanol–water partition coefficient (Wildman–Crippen LogP) is 2.37. The summed E-state index contributed by atoms with van der Waals surface area (Å²) in [7, 11) is 0. The average molecular weight is 297 g/mol. The monoisotopic (exact) mass is 296 g/mol. The van der Waals surface area contributed by atoms with Crippen molar-refractivity contribution >= 4 is 17.5 Å². The van der Waals surface area contributed by atoms with Crippen LogP contribution in [-0.4, -0.2) is 36.0 Å². The van der Waals surface area contributed by atoms with Gasteiger partial charge in [-0.25, -0.2) is 0 Å². The minimum Gasteiger partial charge on any atom is -0.481 e. The maximum absolute atomic E-state index is 12.3. The number of nitrogens with two attached hydrogens (primary N) is 1. The third-order valence-corrected chi connectivity index (χ3v) is 3.98. The largest absolute Gasteiger partial charge is 0.481 e. The lowest BCUT2D eigenvalue weighted by molar-refractivity contribution is -0.139. The Bertz CT molecular complexity index is 493. The van der Waals surface area contributed by atoms with Crippen LogP contribution in [0.2, 0.25) is 5.02 Å². The molecule has 0 aliphatic carbocycles. The van der Waals surface area contributed by atoms with E-state index in [0.29, 0.717) is 17.3 Å². The molecule has 1 aromatic carbocycles. The molecule has 1 aliphatic rings. The molecule has 110 valence electrons. The molecule has 0 bridgehead atoms. The number of likely N-dealkylation sites (tertiary alicyclic amines) is 1. The van der Waals surface area contributed by atoms with E-state index < -0.39 is 6.10 Å². The normalized spacial score (nSPS) is 20.6. The molecule has 1 fully saturated rings. The number of halogens is 1. The molecule has 5 heteroatoms. The first-order valence-electron chi connectivity index (χ1n) is 6.94. The first-order chi connectivity index (χ1) is 9.47. The molecule has 20 heavy (non-hydrogen) atoms. The number of amides is 1. The summed E-state index contributed by atoms with van der Waals surface area (Å²) in [5.74, 6) is 0.654. The highest BCUT2D eigenvalue weighted by Gasteiger charge is 2.26. The first kappa shape index (κ1) is 15.1. The van der Waals surface area contributed by atoms with Gasteiger partial charge in [-0.15, -0.1) is 0 Å². The van der Waals surface area contributed by atoms with Crippen molar-refractivity contribution in [2.45, 2.75) is 38.8 Å². The second-order valence-electron chi connectivity index (χ2n) is 5.36. The zero-order valence-electron chi connectivity index (χ0n) is 11.9. The minimum absolute atomic E-state index is 0.00671. The molecule has 2 unspecified atom stereocenters. The molecular weight excluding hydrogens is 276 g/mol. The fraction of sp³-hybridized carbons (Fsp3) is 0.533. The Hall–Kier alpha value is -1.26. The Balaban J connectivity index is 1.98. The highest BCUT2D eigenvalue weighted by atomic mass is 35.5. The second kappa shape index (κ2) is 6.46. The fourth-order valence-corrected chi connectivity index (χ4v) is 2.53. The minimum atomic E-state index is -0.513. The van der Waals surface area contributed by atoms with Gasteiger partial charge in [0.1, 0.15) is 5.75 Å². The number of nitrogens with zero attached hydrogens (tertiary/aromatic N) is 1. The van der Waals surface area contributed by atoms with E-state index in [-0.39, 0.29) is 11.9 Å². The van der Waals surface area contributed by atoms with Crippen LogP contribution in [0.4, 0.5) is 0 Å². The molecule has 1 aromatic rings. The van der Waals surface area contributed by atoms with Crippen molar-refractivity contribution in [3.63, 3.8) is 0 Å². The number of carbonyl (C=O) groups excluding carboxylic acids is 1. The van der Waals surface area contributed by atoms with Crippen molar-refractivity contribution in [2.24, 2.45) is 5.73 Å². The number of carbonyl (C=O) groups is 1. The maximum Gasteiger partial charge on any atom is 0.263 e. The number of aryl methyl sites for hydroxylation is 1. The maximum atomic E-state index is 12.3. The zero-order valence-corrected chi connectivity index (χ0v) is 12.7. The van der Waals surface area contributed by atoms with Crippen LogP contribution in [0.3, 0.4) is 0 Å². The molecule has 2 atom stereocenters. The van der Waals surface area contributed by atoms with Gasteiger partial charge in [-0.3, -0.25) is 4.79 Å². The van der Waals surface area contributed by atoms with Gasteiger partial charge in [-0.05, 0) is 50.5 Å². The number of piperidine rings is 1. The van der Waals surface area contributed by atoms with Crippen LogP contribution in [0.1, 0.15) is 25.3 Å². The smallest absolute Gasteiger partial charge is 0.263 e. The van der Waals surface area contributed by atoms with Gasteiger partial charge >= 0.3 is 0 Å². The summed E-state index contributed by atoms with van der Waals surface area (Å²) < 4.78 is 5.71. The van der Waals surface area contributed by atoms with E-state index in [1.165, 1.54) is 0 Å². The Morgan fingerprint density at radius 1 is 1.55 bits per heavy atom. The van der Waals surface area contributed by atoms with Gasteiger partial charge in [0.15, 0.2) is 6.10 Å². The summed E-state index contributed by atoms with van der Waals surface area (Å²) in [4.78, 5) is 14.1. The molecule has 0 aromatic heterocycles. The summed E-state index contributed by atoms with van der Waals surface area (Å²) in [6.45, 7) is 5.06. The molecule has 0 saturated carbocycles. The summed E-state index contributed by atoms with van der Waals surface area (Å²) in [5.41, 5.74) is 6.84. The van der Waals surface area contributed by atoms with E-state index in [1.54, 1.807) is 24.0 Å². The molecule has 2 rings (SSSR count). The Morgan fingerprint density at radius 2 is 2.30 bits per heavy atom. The Morgan fingerprint density at radius 3 is 2.95 bits per heavy atom. The Labute approximate surface area is 124 Å². The molecule has 0 radical (unpaired) electrons. The van der Waals surface area contributed by atoms with Gasteiger partial charge in [0.25, 0.3) is 5.91 Å². The standard InChI is InChI=1S/C15H21ClN2O2/c1-10-8-13(5-6-14(10)16)20-11(2)15(19)18-7-3-4-12(17)9-18/h5-6,8,11-12H,3-4,7,9,17H2,1-2H3. The van der Waals surface area contributed by atoms with Gasteiger partial charge in [0.2, 0.25) is 0 Å². The van der Waals surface area contributed by atoms with E-state index in [0.717, 1.165) is 24.9 Å². The van der Waals surface area contributed by atoms with Crippen LogP contribution in [0.5, 0.6) is 5.75 Å². The van der Waals surface area contributed by atoms with Gasteiger partial charge in [-0.2, -0.15) is 0 Å². The lowest BCUT2D eigenvalue weighted by atomic mass is 10.1. The molecule has 0 spiro atoms. The summed E-state index contributed by atoms with van der Waals surface area (Å²) in [6.07, 6.45) is 1.43. The van der Waals surface area contributed by atoms with Crippen LogP contribution in [0.25, 0.3) is 0 Å². The van der Waals surface area contributed by atoms with Crippen molar-refractivity contribution in [3.05, 3.63) is 28.8 Å². The number of benzene rings is 1. The van der Waals surface area contributed by atoms with Gasteiger partial charge in [-0.1, -0.05) is 11.6 Å². The van der Waals surface area contributed by atoms with Crippen LogP contribution in [-0.2, 0) is 4.79 Å². The van der Waals surface area contributed by atoms with E-state index in [4.69, 9.17) is 22.1 Å². The highest BCUT2D eigenvalue weighted by Crippen LogP contribution is 2.22. The van der Waals surface area contributed by atoms with Crippen molar-refractivity contribution in [3.8, 4) is 5.75 Å². The average Bonchev–Trinajstić information content (AvgIpc) is 2.42. The lowest BCUT2D eigenvalue weighted by Crippen LogP contribution is -2.49. The number of ether oxygens (including phenoxy) is 1. The van der Waals surface area contributed by atoms with Gasteiger partial charge < -0.3 is 15.4 Å². The summed E-state index contributed by atoms with van der Waals surface area (Å²) in [6, 6.07) is 5.48. The summed E-state index contributed by atoms with van der Waals surface area (Å²) >= 11 is 5.97. The number of hydrogen-bond acceptors (Lipinski definition) is 3. The predicted molar refractivity (Wildman–Crippen MR) is 80.1 cm³/mol. The van der Waals surface area contributed by atoms with Crippen LogP contribution in [0.15, 0.2) is 18.2 Å². The van der Waals surface area contributed by atoms with Crippen molar-refractivity contribution in [2.75, 3.05) is 13.1 Å². The molecule has 1 aliphatic heterocycles. The van der Waals surface area contributed by atoms with Gasteiger partial charge in [0, 0.05) is 24.2 Å². The van der Waals surface area contributed by atoms with Gasteiger partial charge in [0.05, 0.1) is 0 Å². The highest BCUT2D eigenvalue weighted by molar-refractivity contribution is 6.31. The van der Waals surface area contributed by atoms with Crippen LogP contribution in [0, 0.1) is 6.92 Å². The molecule has 1 amide bonds. The number of rotatable bonds is 3.